The number of piperazine rings is 1. The van der Waals surface area contributed by atoms with E-state index in [1.54, 1.807) is 6.07 Å². The number of benzene rings is 2. The Hall–Kier alpha value is -3.30. The lowest BCUT2D eigenvalue weighted by atomic mass is 10.0. The minimum Gasteiger partial charge on any atom is -0.369 e. The molecule has 4 aromatic rings. The van der Waals surface area contributed by atoms with E-state index in [0.717, 1.165) is 60.1 Å². The SMILES string of the molecule is CCc1cc2c(=O)c3c4ccc(C#N)cc4[nH]c3n(C(C)C)c2cc1N1CCN(C(C)C)CC1. The second-order valence-electron chi connectivity index (χ2n) is 9.98. The molecule has 0 radical (unpaired) electrons. The minimum absolute atomic E-state index is 0.0590. The molecule has 6 heteroatoms. The van der Waals surface area contributed by atoms with E-state index < -0.39 is 0 Å². The van der Waals surface area contributed by atoms with Crippen molar-refractivity contribution >= 4 is 38.5 Å². The van der Waals surface area contributed by atoms with Crippen molar-refractivity contribution in [3.05, 3.63) is 51.7 Å². The second-order valence-corrected chi connectivity index (χ2v) is 9.98. The summed E-state index contributed by atoms with van der Waals surface area (Å²) in [6, 6.07) is 12.8. The highest BCUT2D eigenvalue weighted by Crippen LogP contribution is 2.33. The van der Waals surface area contributed by atoms with Crippen LogP contribution in [0, 0.1) is 11.3 Å². The molecule has 34 heavy (non-hydrogen) atoms. The van der Waals surface area contributed by atoms with Crippen molar-refractivity contribution in [3.8, 4) is 6.07 Å². The lowest BCUT2D eigenvalue weighted by Gasteiger charge is -2.39. The summed E-state index contributed by atoms with van der Waals surface area (Å²) in [6.45, 7) is 15.1. The smallest absolute Gasteiger partial charge is 0.199 e. The zero-order valence-corrected chi connectivity index (χ0v) is 20.8. The van der Waals surface area contributed by atoms with Crippen LogP contribution in [0.15, 0.2) is 35.1 Å². The number of rotatable bonds is 4. The van der Waals surface area contributed by atoms with Gasteiger partial charge in [0.1, 0.15) is 5.65 Å². The maximum Gasteiger partial charge on any atom is 0.199 e. The first-order valence-electron chi connectivity index (χ1n) is 12.4. The third kappa shape index (κ3) is 3.47. The number of hydrogen-bond donors (Lipinski definition) is 1. The van der Waals surface area contributed by atoms with E-state index in [2.05, 4.69) is 72.2 Å². The molecule has 1 aliphatic rings. The number of aromatic amines is 1. The Bertz CT molecular complexity index is 1490. The van der Waals surface area contributed by atoms with Gasteiger partial charge in [0.25, 0.3) is 0 Å². The molecule has 0 atom stereocenters. The van der Waals surface area contributed by atoms with Crippen molar-refractivity contribution in [2.75, 3.05) is 31.1 Å². The van der Waals surface area contributed by atoms with E-state index in [1.807, 2.05) is 12.1 Å². The molecule has 0 saturated carbocycles. The van der Waals surface area contributed by atoms with Crippen molar-refractivity contribution in [1.82, 2.24) is 14.5 Å². The maximum atomic E-state index is 13.8. The predicted molar refractivity (Wildman–Crippen MR) is 141 cm³/mol. The Labute approximate surface area is 200 Å². The third-order valence-corrected chi connectivity index (χ3v) is 7.36. The van der Waals surface area contributed by atoms with Crippen LogP contribution in [0.5, 0.6) is 0 Å². The molecule has 6 nitrogen and oxygen atoms in total. The highest BCUT2D eigenvalue weighted by Gasteiger charge is 2.24. The molecule has 5 rings (SSSR count). The zero-order valence-electron chi connectivity index (χ0n) is 20.8. The Kier molecular flexibility index (Phi) is 5.61. The van der Waals surface area contributed by atoms with E-state index in [1.165, 1.54) is 11.3 Å². The number of anilines is 1. The molecule has 1 N–H and O–H groups in total. The molecular formula is C28H33N5O. The fourth-order valence-corrected chi connectivity index (χ4v) is 5.51. The van der Waals surface area contributed by atoms with Crippen LogP contribution < -0.4 is 10.3 Å². The monoisotopic (exact) mass is 455 g/mol. The average molecular weight is 456 g/mol. The van der Waals surface area contributed by atoms with Gasteiger partial charge in [-0.25, -0.2) is 0 Å². The van der Waals surface area contributed by atoms with Gasteiger partial charge in [0, 0.05) is 60.2 Å². The molecule has 3 heterocycles. The lowest BCUT2D eigenvalue weighted by Crippen LogP contribution is -2.49. The normalized spacial score (nSPS) is 15.3. The van der Waals surface area contributed by atoms with Gasteiger partial charge in [-0.3, -0.25) is 9.69 Å². The maximum absolute atomic E-state index is 13.8. The molecule has 0 spiro atoms. The van der Waals surface area contributed by atoms with Crippen molar-refractivity contribution in [2.45, 2.75) is 53.1 Å². The number of fused-ring (bicyclic) bond motifs is 4. The fourth-order valence-electron chi connectivity index (χ4n) is 5.51. The van der Waals surface area contributed by atoms with Crippen LogP contribution in [-0.4, -0.2) is 46.7 Å². The molecule has 0 bridgehead atoms. The fraction of sp³-hybridized carbons (Fsp3) is 0.429. The van der Waals surface area contributed by atoms with E-state index in [4.69, 9.17) is 0 Å². The zero-order chi connectivity index (χ0) is 24.1. The molecule has 0 amide bonds. The molecule has 1 saturated heterocycles. The van der Waals surface area contributed by atoms with Gasteiger partial charge in [0.15, 0.2) is 5.43 Å². The highest BCUT2D eigenvalue weighted by atomic mass is 16.1. The summed E-state index contributed by atoms with van der Waals surface area (Å²) in [7, 11) is 0. The first-order valence-corrected chi connectivity index (χ1v) is 12.4. The Morgan fingerprint density at radius 1 is 1.00 bits per heavy atom. The molecule has 176 valence electrons. The summed E-state index contributed by atoms with van der Waals surface area (Å²) < 4.78 is 2.26. The van der Waals surface area contributed by atoms with Crippen molar-refractivity contribution in [1.29, 1.82) is 5.26 Å². The Balaban J connectivity index is 1.78. The van der Waals surface area contributed by atoms with Crippen LogP contribution in [0.4, 0.5) is 5.69 Å². The topological polar surface area (TPSA) is 68.1 Å². The van der Waals surface area contributed by atoms with Crippen molar-refractivity contribution < 1.29 is 0 Å². The van der Waals surface area contributed by atoms with Crippen LogP contribution in [0.25, 0.3) is 32.8 Å². The number of H-pyrrole nitrogens is 1. The summed E-state index contributed by atoms with van der Waals surface area (Å²) in [6.07, 6.45) is 0.883. The third-order valence-electron chi connectivity index (χ3n) is 7.36. The predicted octanol–water partition coefficient (Wildman–Crippen LogP) is 5.18. The first-order chi connectivity index (χ1) is 16.3. The number of nitrogens with one attached hydrogen (secondary N) is 1. The number of pyridine rings is 1. The lowest BCUT2D eigenvalue weighted by molar-refractivity contribution is 0.209. The van der Waals surface area contributed by atoms with Gasteiger partial charge >= 0.3 is 0 Å². The summed E-state index contributed by atoms with van der Waals surface area (Å²) in [5.74, 6) is 0. The molecule has 0 aliphatic carbocycles. The van der Waals surface area contributed by atoms with Gasteiger partial charge in [-0.1, -0.05) is 13.0 Å². The largest absolute Gasteiger partial charge is 0.369 e. The first kappa shape index (κ1) is 22.5. The standard InChI is InChI=1S/C28H33N5O/c1-6-20-14-22-25(15-24(20)32-11-9-31(10-12-32)17(2)3)33(18(4)5)28-26(27(22)34)21-8-7-19(16-29)13-23(21)30-28/h7-8,13-15,17-18,30H,6,9-12H2,1-5H3. The van der Waals surface area contributed by atoms with Gasteiger partial charge in [0.2, 0.25) is 0 Å². The Morgan fingerprint density at radius 2 is 1.74 bits per heavy atom. The number of aromatic nitrogens is 2. The number of aryl methyl sites for hydroxylation is 1. The van der Waals surface area contributed by atoms with Crippen LogP contribution in [0.1, 0.15) is 51.8 Å². The second kappa shape index (κ2) is 8.48. The van der Waals surface area contributed by atoms with Crippen LogP contribution in [0.2, 0.25) is 0 Å². The number of nitrogens with zero attached hydrogens (tertiary/aromatic N) is 4. The van der Waals surface area contributed by atoms with Crippen molar-refractivity contribution in [2.24, 2.45) is 0 Å². The van der Waals surface area contributed by atoms with Crippen LogP contribution in [0.3, 0.4) is 0 Å². The van der Waals surface area contributed by atoms with E-state index >= 15 is 0 Å². The quantitative estimate of drug-likeness (QED) is 0.460. The number of hydrogen-bond acceptors (Lipinski definition) is 4. The van der Waals surface area contributed by atoms with Gasteiger partial charge in [-0.05, 0) is 63.9 Å². The summed E-state index contributed by atoms with van der Waals surface area (Å²) >= 11 is 0. The summed E-state index contributed by atoms with van der Waals surface area (Å²) in [5, 5.41) is 11.7. The highest BCUT2D eigenvalue weighted by molar-refractivity contribution is 6.10. The summed E-state index contributed by atoms with van der Waals surface area (Å²) in [5.41, 5.74) is 5.75. The van der Waals surface area contributed by atoms with Crippen LogP contribution in [-0.2, 0) is 6.42 Å². The molecule has 1 fully saturated rings. The molecule has 2 aromatic heterocycles. The molecule has 0 unspecified atom stereocenters. The molecule has 1 aliphatic heterocycles. The van der Waals surface area contributed by atoms with E-state index in [9.17, 15) is 10.1 Å². The number of nitriles is 1. The molecular weight excluding hydrogens is 422 g/mol. The Morgan fingerprint density at radius 3 is 2.35 bits per heavy atom. The summed E-state index contributed by atoms with van der Waals surface area (Å²) in [4.78, 5) is 22.3. The van der Waals surface area contributed by atoms with Crippen molar-refractivity contribution in [3.63, 3.8) is 0 Å². The van der Waals surface area contributed by atoms with Crippen LogP contribution >= 0.6 is 0 Å². The van der Waals surface area contributed by atoms with E-state index in [0.29, 0.717) is 17.0 Å². The van der Waals surface area contributed by atoms with Gasteiger partial charge in [0.05, 0.1) is 22.5 Å². The minimum atomic E-state index is 0.0590. The van der Waals surface area contributed by atoms with Gasteiger partial charge in [-0.15, -0.1) is 0 Å². The average Bonchev–Trinajstić information content (AvgIpc) is 3.21. The van der Waals surface area contributed by atoms with Gasteiger partial charge in [-0.2, -0.15) is 5.26 Å². The molecule has 2 aromatic carbocycles. The van der Waals surface area contributed by atoms with Gasteiger partial charge < -0.3 is 14.5 Å². The van der Waals surface area contributed by atoms with E-state index in [-0.39, 0.29) is 11.5 Å².